The van der Waals surface area contributed by atoms with Crippen LogP contribution in [0, 0.1) is 0 Å². The molecule has 0 atom stereocenters. The molecule has 0 spiro atoms. The first-order valence-electron chi connectivity index (χ1n) is 7.60. The standard InChI is InChI=1S/C18H22N2O3/c1-13(2)15-6-4-5-7-16(15)20-18(21)14-8-9-19-17(12-14)23-11-10-22-3/h4-9,12-13H,10-11H2,1-3H3,(H,20,21). The summed E-state index contributed by atoms with van der Waals surface area (Å²) in [6, 6.07) is 11.1. The average Bonchev–Trinajstić information content (AvgIpc) is 2.55. The zero-order chi connectivity index (χ0) is 16.7. The highest BCUT2D eigenvalue weighted by Crippen LogP contribution is 2.24. The quantitative estimate of drug-likeness (QED) is 0.795. The summed E-state index contributed by atoms with van der Waals surface area (Å²) in [6.07, 6.45) is 1.56. The Bertz CT molecular complexity index is 656. The molecule has 0 saturated heterocycles. The minimum atomic E-state index is -0.183. The minimum Gasteiger partial charge on any atom is -0.475 e. The third-order valence-corrected chi connectivity index (χ3v) is 3.37. The number of methoxy groups -OCH3 is 1. The van der Waals surface area contributed by atoms with Gasteiger partial charge in [0.15, 0.2) is 0 Å². The SMILES string of the molecule is COCCOc1cc(C(=O)Nc2ccccc2C(C)C)ccn1. The van der Waals surface area contributed by atoms with Crippen molar-refractivity contribution in [1.82, 2.24) is 4.98 Å². The Morgan fingerprint density at radius 3 is 2.74 bits per heavy atom. The number of carbonyl (C=O) groups is 1. The second-order valence-corrected chi connectivity index (χ2v) is 5.42. The topological polar surface area (TPSA) is 60.5 Å². The van der Waals surface area contributed by atoms with Gasteiger partial charge in [0.25, 0.3) is 5.91 Å². The molecule has 122 valence electrons. The Hall–Kier alpha value is -2.40. The maximum Gasteiger partial charge on any atom is 0.255 e. The third kappa shape index (κ3) is 4.79. The van der Waals surface area contributed by atoms with Crippen molar-refractivity contribution in [2.75, 3.05) is 25.6 Å². The van der Waals surface area contributed by atoms with Crippen LogP contribution >= 0.6 is 0 Å². The normalized spacial score (nSPS) is 10.6. The van der Waals surface area contributed by atoms with Gasteiger partial charge in [0.1, 0.15) is 6.61 Å². The molecule has 0 saturated carbocycles. The van der Waals surface area contributed by atoms with Gasteiger partial charge >= 0.3 is 0 Å². The van der Waals surface area contributed by atoms with Crippen molar-refractivity contribution in [2.24, 2.45) is 0 Å². The molecular formula is C18H22N2O3. The third-order valence-electron chi connectivity index (χ3n) is 3.37. The molecule has 5 nitrogen and oxygen atoms in total. The van der Waals surface area contributed by atoms with E-state index in [1.807, 2.05) is 24.3 Å². The van der Waals surface area contributed by atoms with Crippen LogP contribution in [0.25, 0.3) is 0 Å². The van der Waals surface area contributed by atoms with Crippen molar-refractivity contribution in [3.05, 3.63) is 53.7 Å². The van der Waals surface area contributed by atoms with E-state index in [1.54, 1.807) is 25.4 Å². The van der Waals surface area contributed by atoms with E-state index in [0.717, 1.165) is 11.3 Å². The van der Waals surface area contributed by atoms with Crippen LogP contribution in [0.5, 0.6) is 5.88 Å². The maximum atomic E-state index is 12.5. The molecule has 0 aliphatic carbocycles. The Morgan fingerprint density at radius 1 is 1.22 bits per heavy atom. The Balaban J connectivity index is 2.10. The molecule has 23 heavy (non-hydrogen) atoms. The number of anilines is 1. The van der Waals surface area contributed by atoms with E-state index in [0.29, 0.717) is 30.6 Å². The lowest BCUT2D eigenvalue weighted by Crippen LogP contribution is -2.14. The highest BCUT2D eigenvalue weighted by molar-refractivity contribution is 6.04. The van der Waals surface area contributed by atoms with Crippen LogP contribution in [0.3, 0.4) is 0 Å². The van der Waals surface area contributed by atoms with Crippen LogP contribution in [-0.4, -0.2) is 31.2 Å². The molecule has 1 heterocycles. The fraction of sp³-hybridized carbons (Fsp3) is 0.333. The summed E-state index contributed by atoms with van der Waals surface area (Å²) in [5.74, 6) is 0.556. The molecule has 0 bridgehead atoms. The maximum absolute atomic E-state index is 12.5. The molecule has 2 rings (SSSR count). The van der Waals surface area contributed by atoms with Gasteiger partial charge in [-0.3, -0.25) is 4.79 Å². The average molecular weight is 314 g/mol. The van der Waals surface area contributed by atoms with E-state index < -0.39 is 0 Å². The predicted octanol–water partition coefficient (Wildman–Crippen LogP) is 3.48. The molecule has 0 aliphatic heterocycles. The first-order chi connectivity index (χ1) is 11.1. The van der Waals surface area contributed by atoms with Crippen LogP contribution in [0.15, 0.2) is 42.6 Å². The number of nitrogens with zero attached hydrogens (tertiary/aromatic N) is 1. The molecule has 0 radical (unpaired) electrons. The van der Waals surface area contributed by atoms with Gasteiger partial charge in [-0.25, -0.2) is 4.98 Å². The number of para-hydroxylation sites is 1. The lowest BCUT2D eigenvalue weighted by molar-refractivity contribution is 0.102. The van der Waals surface area contributed by atoms with Crippen molar-refractivity contribution < 1.29 is 14.3 Å². The van der Waals surface area contributed by atoms with Gasteiger partial charge in [-0.15, -0.1) is 0 Å². The number of pyridine rings is 1. The zero-order valence-electron chi connectivity index (χ0n) is 13.7. The lowest BCUT2D eigenvalue weighted by atomic mass is 10.0. The molecule has 2 aromatic rings. The summed E-state index contributed by atoms with van der Waals surface area (Å²) in [5, 5.41) is 2.96. The number of amides is 1. The second-order valence-electron chi connectivity index (χ2n) is 5.42. The Morgan fingerprint density at radius 2 is 2.00 bits per heavy atom. The van der Waals surface area contributed by atoms with Crippen molar-refractivity contribution >= 4 is 11.6 Å². The fourth-order valence-electron chi connectivity index (χ4n) is 2.17. The first-order valence-corrected chi connectivity index (χ1v) is 7.60. The summed E-state index contributed by atoms with van der Waals surface area (Å²) >= 11 is 0. The van der Waals surface area contributed by atoms with E-state index in [9.17, 15) is 4.79 Å². The Kier molecular flexibility index (Phi) is 6.11. The van der Waals surface area contributed by atoms with E-state index >= 15 is 0 Å². The number of benzene rings is 1. The van der Waals surface area contributed by atoms with Gasteiger partial charge in [0.05, 0.1) is 6.61 Å². The molecule has 5 heteroatoms. The van der Waals surface area contributed by atoms with Crippen molar-refractivity contribution in [3.63, 3.8) is 0 Å². The summed E-state index contributed by atoms with van der Waals surface area (Å²) < 4.78 is 10.4. The number of carbonyl (C=O) groups excluding carboxylic acids is 1. The predicted molar refractivity (Wildman–Crippen MR) is 90.1 cm³/mol. The van der Waals surface area contributed by atoms with Crippen LogP contribution in [-0.2, 0) is 4.74 Å². The number of hydrogen-bond acceptors (Lipinski definition) is 4. The van der Waals surface area contributed by atoms with Crippen LogP contribution in [0.1, 0.15) is 35.7 Å². The molecule has 1 N–H and O–H groups in total. The zero-order valence-corrected chi connectivity index (χ0v) is 13.7. The van der Waals surface area contributed by atoms with Gasteiger partial charge in [-0.05, 0) is 23.6 Å². The van der Waals surface area contributed by atoms with Crippen molar-refractivity contribution in [3.8, 4) is 5.88 Å². The number of rotatable bonds is 7. The monoisotopic (exact) mass is 314 g/mol. The number of hydrogen-bond donors (Lipinski definition) is 1. The summed E-state index contributed by atoms with van der Waals surface area (Å²) in [5.41, 5.74) is 2.43. The summed E-state index contributed by atoms with van der Waals surface area (Å²) in [7, 11) is 1.60. The number of aromatic nitrogens is 1. The molecule has 1 amide bonds. The number of nitrogens with one attached hydrogen (secondary N) is 1. The van der Waals surface area contributed by atoms with Gasteiger partial charge in [0, 0.05) is 30.6 Å². The van der Waals surface area contributed by atoms with E-state index in [1.165, 1.54) is 0 Å². The Labute approximate surface area is 136 Å². The molecule has 1 aromatic heterocycles. The highest BCUT2D eigenvalue weighted by Gasteiger charge is 2.12. The summed E-state index contributed by atoms with van der Waals surface area (Å²) in [6.45, 7) is 5.06. The van der Waals surface area contributed by atoms with E-state index in [2.05, 4.69) is 24.1 Å². The smallest absolute Gasteiger partial charge is 0.255 e. The van der Waals surface area contributed by atoms with Crippen LogP contribution in [0.2, 0.25) is 0 Å². The molecule has 0 aliphatic rings. The van der Waals surface area contributed by atoms with Crippen LogP contribution in [0.4, 0.5) is 5.69 Å². The molecular weight excluding hydrogens is 292 g/mol. The molecule has 1 aromatic carbocycles. The number of ether oxygens (including phenoxy) is 2. The molecule has 0 fully saturated rings. The summed E-state index contributed by atoms with van der Waals surface area (Å²) in [4.78, 5) is 16.5. The van der Waals surface area contributed by atoms with Gasteiger partial charge < -0.3 is 14.8 Å². The van der Waals surface area contributed by atoms with E-state index in [4.69, 9.17) is 9.47 Å². The van der Waals surface area contributed by atoms with Gasteiger partial charge in [-0.1, -0.05) is 32.0 Å². The first kappa shape index (κ1) is 17.0. The minimum absolute atomic E-state index is 0.183. The fourth-order valence-corrected chi connectivity index (χ4v) is 2.17. The highest BCUT2D eigenvalue weighted by atomic mass is 16.5. The van der Waals surface area contributed by atoms with Crippen molar-refractivity contribution in [2.45, 2.75) is 19.8 Å². The van der Waals surface area contributed by atoms with Crippen molar-refractivity contribution in [1.29, 1.82) is 0 Å². The lowest BCUT2D eigenvalue weighted by Gasteiger charge is -2.14. The van der Waals surface area contributed by atoms with Gasteiger partial charge in [0.2, 0.25) is 5.88 Å². The largest absolute Gasteiger partial charge is 0.475 e. The van der Waals surface area contributed by atoms with E-state index in [-0.39, 0.29) is 5.91 Å². The second kappa shape index (κ2) is 8.29. The van der Waals surface area contributed by atoms with Crippen LogP contribution < -0.4 is 10.1 Å². The molecule has 0 unspecified atom stereocenters. The van der Waals surface area contributed by atoms with Gasteiger partial charge in [-0.2, -0.15) is 0 Å².